The van der Waals surface area contributed by atoms with Gasteiger partial charge >= 0.3 is 0 Å². The molecule has 118 valence electrons. The van der Waals surface area contributed by atoms with Crippen molar-refractivity contribution in [3.05, 3.63) is 0 Å². The predicted molar refractivity (Wildman–Crippen MR) is 78.2 cm³/mol. The van der Waals surface area contributed by atoms with E-state index in [0.29, 0.717) is 13.2 Å². The second-order valence-electron chi connectivity index (χ2n) is 5.48. The fourth-order valence-corrected chi connectivity index (χ4v) is 2.25. The third kappa shape index (κ3) is 4.90. The van der Waals surface area contributed by atoms with Gasteiger partial charge in [0.15, 0.2) is 5.84 Å². The highest BCUT2D eigenvalue weighted by molar-refractivity contribution is 5.88. The summed E-state index contributed by atoms with van der Waals surface area (Å²) in [5.41, 5.74) is 5.35. The number of oxime groups is 1. The summed E-state index contributed by atoms with van der Waals surface area (Å²) in [6.07, 6.45) is 0. The van der Waals surface area contributed by atoms with Crippen LogP contribution in [0, 0.1) is 0 Å². The standard InChI is InChI=1S/C13H28N4O3/c1-13(2,12(14)15-18)17-6-4-16(5-7-17)8-9-20-11-10-19-3/h18H,4-11H2,1-3H3,(H2,14,15). The Balaban J connectivity index is 2.26. The lowest BCUT2D eigenvalue weighted by Gasteiger charge is -2.43. The van der Waals surface area contributed by atoms with Crippen LogP contribution in [0.15, 0.2) is 5.16 Å². The van der Waals surface area contributed by atoms with Gasteiger partial charge in [0.05, 0.1) is 25.4 Å². The van der Waals surface area contributed by atoms with Gasteiger partial charge in [-0.3, -0.25) is 9.80 Å². The Bertz CT molecular complexity index is 302. The van der Waals surface area contributed by atoms with Crippen molar-refractivity contribution in [3.8, 4) is 0 Å². The number of methoxy groups -OCH3 is 1. The van der Waals surface area contributed by atoms with E-state index in [2.05, 4.69) is 15.0 Å². The van der Waals surface area contributed by atoms with Gasteiger partial charge in [0.25, 0.3) is 0 Å². The molecule has 20 heavy (non-hydrogen) atoms. The molecule has 1 rings (SSSR count). The summed E-state index contributed by atoms with van der Waals surface area (Å²) < 4.78 is 10.4. The third-order valence-electron chi connectivity index (χ3n) is 3.88. The summed E-state index contributed by atoms with van der Waals surface area (Å²) in [5.74, 6) is 0.258. The maximum absolute atomic E-state index is 8.84. The second kappa shape index (κ2) is 8.41. The Morgan fingerprint density at radius 1 is 1.20 bits per heavy atom. The van der Waals surface area contributed by atoms with Gasteiger partial charge in [0, 0.05) is 39.8 Å². The first-order chi connectivity index (χ1) is 9.52. The maximum Gasteiger partial charge on any atom is 0.159 e. The van der Waals surface area contributed by atoms with Crippen LogP contribution >= 0.6 is 0 Å². The molecule has 7 nitrogen and oxygen atoms in total. The van der Waals surface area contributed by atoms with Gasteiger partial charge in [-0.25, -0.2) is 0 Å². The van der Waals surface area contributed by atoms with Gasteiger partial charge in [-0.1, -0.05) is 5.16 Å². The molecule has 0 bridgehead atoms. The van der Waals surface area contributed by atoms with E-state index in [-0.39, 0.29) is 5.84 Å². The highest BCUT2D eigenvalue weighted by Crippen LogP contribution is 2.17. The van der Waals surface area contributed by atoms with Gasteiger partial charge in [0.2, 0.25) is 0 Å². The summed E-state index contributed by atoms with van der Waals surface area (Å²) in [6, 6.07) is 0. The number of nitrogens with zero attached hydrogens (tertiary/aromatic N) is 3. The molecule has 1 aliphatic rings. The van der Waals surface area contributed by atoms with E-state index in [1.165, 1.54) is 0 Å². The third-order valence-corrected chi connectivity index (χ3v) is 3.88. The first-order valence-electron chi connectivity index (χ1n) is 7.04. The molecule has 1 heterocycles. The van der Waals surface area contributed by atoms with Crippen LogP contribution < -0.4 is 5.73 Å². The van der Waals surface area contributed by atoms with Crippen molar-refractivity contribution in [2.45, 2.75) is 19.4 Å². The van der Waals surface area contributed by atoms with Crippen LogP contribution in [0.2, 0.25) is 0 Å². The molecule has 0 unspecified atom stereocenters. The first-order valence-corrected chi connectivity index (χ1v) is 7.04. The lowest BCUT2D eigenvalue weighted by Crippen LogP contribution is -2.59. The largest absolute Gasteiger partial charge is 0.409 e. The Morgan fingerprint density at radius 2 is 1.85 bits per heavy atom. The normalized spacial score (nSPS) is 19.4. The molecule has 1 saturated heterocycles. The number of nitrogens with two attached hydrogens (primary N) is 1. The van der Waals surface area contributed by atoms with Gasteiger partial charge in [-0.05, 0) is 13.8 Å². The molecule has 3 N–H and O–H groups in total. The Labute approximate surface area is 121 Å². The quantitative estimate of drug-likeness (QED) is 0.211. The average molecular weight is 288 g/mol. The van der Waals surface area contributed by atoms with E-state index in [1.54, 1.807) is 7.11 Å². The molecule has 0 saturated carbocycles. The van der Waals surface area contributed by atoms with Crippen LogP contribution in [0.4, 0.5) is 0 Å². The van der Waals surface area contributed by atoms with E-state index < -0.39 is 5.54 Å². The minimum absolute atomic E-state index is 0.258. The Morgan fingerprint density at radius 3 is 2.40 bits per heavy atom. The lowest BCUT2D eigenvalue weighted by molar-refractivity contribution is 0.0365. The lowest BCUT2D eigenvalue weighted by atomic mass is 10.0. The maximum atomic E-state index is 8.84. The van der Waals surface area contributed by atoms with E-state index in [4.69, 9.17) is 20.4 Å². The summed E-state index contributed by atoms with van der Waals surface area (Å²) >= 11 is 0. The zero-order valence-electron chi connectivity index (χ0n) is 12.8. The van der Waals surface area contributed by atoms with Gasteiger partial charge < -0.3 is 20.4 Å². The summed E-state index contributed by atoms with van der Waals surface area (Å²) in [4.78, 5) is 4.61. The van der Waals surface area contributed by atoms with E-state index in [0.717, 1.165) is 39.3 Å². The second-order valence-corrected chi connectivity index (χ2v) is 5.48. The first kappa shape index (κ1) is 17.2. The smallest absolute Gasteiger partial charge is 0.159 e. The molecule has 1 fully saturated rings. The monoisotopic (exact) mass is 288 g/mol. The molecular formula is C13H28N4O3. The molecule has 1 aliphatic heterocycles. The number of amidine groups is 1. The van der Waals surface area contributed by atoms with Gasteiger partial charge in [-0.2, -0.15) is 0 Å². The summed E-state index contributed by atoms with van der Waals surface area (Å²) in [5, 5.41) is 12.0. The van der Waals surface area contributed by atoms with Crippen molar-refractivity contribution in [1.29, 1.82) is 0 Å². The van der Waals surface area contributed by atoms with Crippen molar-refractivity contribution in [2.24, 2.45) is 10.9 Å². The number of ether oxygens (including phenoxy) is 2. The molecule has 0 radical (unpaired) electrons. The van der Waals surface area contributed by atoms with Crippen molar-refractivity contribution in [2.75, 3.05) is 59.7 Å². The summed E-state index contributed by atoms with van der Waals surface area (Å²) in [7, 11) is 1.67. The predicted octanol–water partition coefficient (Wildman–Crippen LogP) is -0.208. The van der Waals surface area contributed by atoms with Gasteiger partial charge in [-0.15, -0.1) is 0 Å². The van der Waals surface area contributed by atoms with Crippen LogP contribution in [0.5, 0.6) is 0 Å². The number of piperazine rings is 1. The molecule has 7 heteroatoms. The molecule has 0 aromatic rings. The zero-order chi connectivity index (χ0) is 15.0. The molecule has 0 atom stereocenters. The van der Waals surface area contributed by atoms with Gasteiger partial charge in [0.1, 0.15) is 0 Å². The number of rotatable bonds is 8. The van der Waals surface area contributed by atoms with Crippen molar-refractivity contribution >= 4 is 5.84 Å². The molecule has 0 aromatic carbocycles. The Hall–Kier alpha value is -0.890. The van der Waals surface area contributed by atoms with Crippen molar-refractivity contribution in [1.82, 2.24) is 9.80 Å². The van der Waals surface area contributed by atoms with E-state index >= 15 is 0 Å². The SMILES string of the molecule is COCCOCCN1CCN(C(C)(C)C(N)=NO)CC1. The number of hydrogen-bond donors (Lipinski definition) is 2. The Kier molecular flexibility index (Phi) is 7.22. The van der Waals surface area contributed by atoms with Crippen LogP contribution in [-0.4, -0.2) is 86.0 Å². The summed E-state index contributed by atoms with van der Waals surface area (Å²) in [6.45, 7) is 10.6. The van der Waals surface area contributed by atoms with E-state index in [1.807, 2.05) is 13.8 Å². The molecule has 0 aliphatic carbocycles. The minimum atomic E-state index is -0.407. The fourth-order valence-electron chi connectivity index (χ4n) is 2.25. The molecule has 0 aromatic heterocycles. The topological polar surface area (TPSA) is 83.6 Å². The molecule has 0 amide bonds. The van der Waals surface area contributed by atoms with Crippen LogP contribution in [0.3, 0.4) is 0 Å². The highest BCUT2D eigenvalue weighted by atomic mass is 16.5. The van der Waals surface area contributed by atoms with Crippen molar-refractivity contribution < 1.29 is 14.7 Å². The fraction of sp³-hybridized carbons (Fsp3) is 0.923. The van der Waals surface area contributed by atoms with Crippen LogP contribution in [0.1, 0.15) is 13.8 Å². The number of hydrogen-bond acceptors (Lipinski definition) is 6. The van der Waals surface area contributed by atoms with E-state index in [9.17, 15) is 0 Å². The average Bonchev–Trinajstić information content (AvgIpc) is 2.46. The minimum Gasteiger partial charge on any atom is -0.409 e. The highest BCUT2D eigenvalue weighted by Gasteiger charge is 2.33. The van der Waals surface area contributed by atoms with Crippen LogP contribution in [0.25, 0.3) is 0 Å². The zero-order valence-corrected chi connectivity index (χ0v) is 12.8. The molecular weight excluding hydrogens is 260 g/mol. The van der Waals surface area contributed by atoms with Crippen LogP contribution in [-0.2, 0) is 9.47 Å². The molecule has 0 spiro atoms. The van der Waals surface area contributed by atoms with Crippen molar-refractivity contribution in [3.63, 3.8) is 0 Å².